The molecule has 0 unspecified atom stereocenters. The molecule has 4 aromatic rings. The van der Waals surface area contributed by atoms with E-state index in [0.29, 0.717) is 17.9 Å². The lowest BCUT2D eigenvalue weighted by molar-refractivity contribution is 0.0954. The van der Waals surface area contributed by atoms with Crippen molar-refractivity contribution in [3.63, 3.8) is 0 Å². The summed E-state index contributed by atoms with van der Waals surface area (Å²) in [4.78, 5) is 21.1. The van der Waals surface area contributed by atoms with Crippen LogP contribution in [0.1, 0.15) is 15.9 Å². The molecule has 2 aromatic carbocycles. The molecule has 2 heterocycles. The van der Waals surface area contributed by atoms with Gasteiger partial charge in [-0.2, -0.15) is 0 Å². The number of carbonyl (C=O) groups is 1. The number of nitrogens with zero attached hydrogens (tertiary/aromatic N) is 2. The Morgan fingerprint density at radius 1 is 0.857 bits per heavy atom. The molecule has 0 radical (unpaired) electrons. The van der Waals surface area contributed by atoms with Crippen molar-refractivity contribution in [3.05, 3.63) is 96.3 Å². The molecule has 0 aliphatic heterocycles. The molecule has 0 bridgehead atoms. The largest absolute Gasteiger partial charge is 0.352 e. The molecule has 0 spiro atoms. The zero-order valence-electron chi connectivity index (χ0n) is 15.3. The second kappa shape index (κ2) is 8.31. The number of hydrogen-bond acceptors (Lipinski definition) is 4. The molecule has 0 atom stereocenters. The molecule has 0 fully saturated rings. The highest BCUT2D eigenvalue weighted by Crippen LogP contribution is 2.23. The van der Waals surface area contributed by atoms with Crippen LogP contribution in [-0.4, -0.2) is 22.4 Å². The summed E-state index contributed by atoms with van der Waals surface area (Å²) in [7, 11) is 0. The number of hydrogen-bond donors (Lipinski definition) is 2. The van der Waals surface area contributed by atoms with Crippen LogP contribution in [0.15, 0.2) is 85.2 Å². The summed E-state index contributed by atoms with van der Waals surface area (Å²) in [6.07, 6.45) is 4.15. The summed E-state index contributed by atoms with van der Waals surface area (Å²) < 4.78 is 0. The fourth-order valence-corrected chi connectivity index (χ4v) is 3.01. The summed E-state index contributed by atoms with van der Waals surface area (Å²) in [6, 6.07) is 23.5. The first-order valence-electron chi connectivity index (χ1n) is 9.18. The number of benzene rings is 2. The SMILES string of the molecule is O=C(NCCc1ccccc1)c1ccc(Nc2cccc3cccnc23)nc1. The lowest BCUT2D eigenvalue weighted by atomic mass is 10.1. The molecule has 0 saturated heterocycles. The van der Waals surface area contributed by atoms with Crippen LogP contribution in [-0.2, 0) is 6.42 Å². The van der Waals surface area contributed by atoms with Gasteiger partial charge in [0.05, 0.1) is 16.8 Å². The second-order valence-corrected chi connectivity index (χ2v) is 6.43. The van der Waals surface area contributed by atoms with E-state index in [4.69, 9.17) is 0 Å². The summed E-state index contributed by atoms with van der Waals surface area (Å²) in [6.45, 7) is 0.588. The van der Waals surface area contributed by atoms with Crippen LogP contribution in [0.25, 0.3) is 10.9 Å². The lowest BCUT2D eigenvalue weighted by Gasteiger charge is -2.09. The molecular formula is C23H20N4O. The van der Waals surface area contributed by atoms with Gasteiger partial charge < -0.3 is 10.6 Å². The molecule has 2 N–H and O–H groups in total. The minimum Gasteiger partial charge on any atom is -0.352 e. The quantitative estimate of drug-likeness (QED) is 0.531. The van der Waals surface area contributed by atoms with E-state index in [1.807, 2.05) is 48.5 Å². The van der Waals surface area contributed by atoms with E-state index in [9.17, 15) is 4.79 Å². The Morgan fingerprint density at radius 3 is 2.54 bits per heavy atom. The summed E-state index contributed by atoms with van der Waals surface area (Å²) in [5.41, 5.74) is 3.50. The minimum absolute atomic E-state index is 0.123. The summed E-state index contributed by atoms with van der Waals surface area (Å²) >= 11 is 0. The monoisotopic (exact) mass is 368 g/mol. The molecule has 28 heavy (non-hydrogen) atoms. The zero-order chi connectivity index (χ0) is 19.2. The van der Waals surface area contributed by atoms with Crippen LogP contribution < -0.4 is 10.6 Å². The van der Waals surface area contributed by atoms with Gasteiger partial charge in [0.1, 0.15) is 5.82 Å². The van der Waals surface area contributed by atoms with Crippen molar-refractivity contribution in [1.29, 1.82) is 0 Å². The van der Waals surface area contributed by atoms with Gasteiger partial charge in [0.25, 0.3) is 5.91 Å². The van der Waals surface area contributed by atoms with Crippen LogP contribution in [0.4, 0.5) is 11.5 Å². The number of carbonyl (C=O) groups excluding carboxylic acids is 1. The van der Waals surface area contributed by atoms with Gasteiger partial charge in [-0.25, -0.2) is 4.98 Å². The fourth-order valence-electron chi connectivity index (χ4n) is 3.01. The predicted molar refractivity (Wildman–Crippen MR) is 112 cm³/mol. The predicted octanol–water partition coefficient (Wildman–Crippen LogP) is 4.35. The molecule has 5 heteroatoms. The zero-order valence-corrected chi connectivity index (χ0v) is 15.3. The Hall–Kier alpha value is -3.73. The molecule has 5 nitrogen and oxygen atoms in total. The van der Waals surface area contributed by atoms with Gasteiger partial charge in [-0.3, -0.25) is 9.78 Å². The first-order chi connectivity index (χ1) is 13.8. The van der Waals surface area contributed by atoms with Crippen LogP contribution in [0.3, 0.4) is 0 Å². The molecule has 138 valence electrons. The Balaban J connectivity index is 1.38. The number of pyridine rings is 2. The third-order valence-electron chi connectivity index (χ3n) is 4.46. The number of para-hydroxylation sites is 1. The molecule has 4 rings (SSSR count). The van der Waals surface area contributed by atoms with Crippen molar-refractivity contribution in [1.82, 2.24) is 15.3 Å². The van der Waals surface area contributed by atoms with E-state index in [0.717, 1.165) is 23.0 Å². The number of fused-ring (bicyclic) bond motifs is 1. The Bertz CT molecular complexity index is 1070. The highest BCUT2D eigenvalue weighted by atomic mass is 16.1. The number of aromatic nitrogens is 2. The van der Waals surface area contributed by atoms with Gasteiger partial charge in [0.2, 0.25) is 0 Å². The van der Waals surface area contributed by atoms with Crippen molar-refractivity contribution >= 4 is 28.3 Å². The highest BCUT2D eigenvalue weighted by Gasteiger charge is 2.07. The van der Waals surface area contributed by atoms with Crippen LogP contribution >= 0.6 is 0 Å². The average Bonchev–Trinajstić information content (AvgIpc) is 2.75. The van der Waals surface area contributed by atoms with E-state index < -0.39 is 0 Å². The number of nitrogens with one attached hydrogen (secondary N) is 2. The van der Waals surface area contributed by atoms with Crippen molar-refractivity contribution in [2.75, 3.05) is 11.9 Å². The van der Waals surface area contributed by atoms with Gasteiger partial charge in [0, 0.05) is 24.3 Å². The minimum atomic E-state index is -0.123. The van der Waals surface area contributed by atoms with Crippen LogP contribution in [0.2, 0.25) is 0 Å². The highest BCUT2D eigenvalue weighted by molar-refractivity contribution is 5.94. The number of anilines is 2. The maximum absolute atomic E-state index is 12.3. The maximum atomic E-state index is 12.3. The Morgan fingerprint density at radius 2 is 1.71 bits per heavy atom. The molecule has 0 saturated carbocycles. The maximum Gasteiger partial charge on any atom is 0.252 e. The van der Waals surface area contributed by atoms with Crippen LogP contribution in [0, 0.1) is 0 Å². The third-order valence-corrected chi connectivity index (χ3v) is 4.46. The first-order valence-corrected chi connectivity index (χ1v) is 9.18. The van der Waals surface area contributed by atoms with Crippen molar-refractivity contribution < 1.29 is 4.79 Å². The average molecular weight is 368 g/mol. The van der Waals surface area contributed by atoms with Gasteiger partial charge in [-0.1, -0.05) is 48.5 Å². The summed E-state index contributed by atoms with van der Waals surface area (Å²) in [5, 5.41) is 7.26. The van der Waals surface area contributed by atoms with Crippen molar-refractivity contribution in [2.24, 2.45) is 0 Å². The smallest absolute Gasteiger partial charge is 0.252 e. The fraction of sp³-hybridized carbons (Fsp3) is 0.0870. The van der Waals surface area contributed by atoms with Gasteiger partial charge >= 0.3 is 0 Å². The van der Waals surface area contributed by atoms with E-state index >= 15 is 0 Å². The molecule has 1 amide bonds. The number of amides is 1. The van der Waals surface area contributed by atoms with E-state index in [-0.39, 0.29) is 5.91 Å². The van der Waals surface area contributed by atoms with E-state index in [1.54, 1.807) is 24.5 Å². The molecule has 2 aromatic heterocycles. The molecule has 0 aliphatic rings. The molecular weight excluding hydrogens is 348 g/mol. The Kier molecular flexibility index (Phi) is 5.24. The van der Waals surface area contributed by atoms with Gasteiger partial charge in [-0.15, -0.1) is 0 Å². The Labute approximate surface area is 163 Å². The molecule has 0 aliphatic carbocycles. The first kappa shape index (κ1) is 17.7. The third kappa shape index (κ3) is 4.15. The lowest BCUT2D eigenvalue weighted by Crippen LogP contribution is -2.25. The second-order valence-electron chi connectivity index (χ2n) is 6.43. The van der Waals surface area contributed by atoms with Crippen LogP contribution in [0.5, 0.6) is 0 Å². The standard InChI is InChI=1S/C23H20N4O/c28-23(25-15-13-17-6-2-1-3-7-17)19-11-12-21(26-16-19)27-20-10-4-8-18-9-5-14-24-22(18)20/h1-12,14,16H,13,15H2,(H,25,28)(H,26,27). The van der Waals surface area contributed by atoms with E-state index in [1.165, 1.54) is 5.56 Å². The van der Waals surface area contributed by atoms with Crippen molar-refractivity contribution in [2.45, 2.75) is 6.42 Å². The number of rotatable bonds is 6. The van der Waals surface area contributed by atoms with Crippen molar-refractivity contribution in [3.8, 4) is 0 Å². The van der Waals surface area contributed by atoms with E-state index in [2.05, 4.69) is 32.7 Å². The topological polar surface area (TPSA) is 66.9 Å². The normalized spacial score (nSPS) is 10.6. The van der Waals surface area contributed by atoms with Gasteiger partial charge in [0.15, 0.2) is 0 Å². The summed E-state index contributed by atoms with van der Waals surface area (Å²) in [5.74, 6) is 0.542. The van der Waals surface area contributed by atoms with Gasteiger partial charge in [-0.05, 0) is 36.2 Å².